The zero-order valence-electron chi connectivity index (χ0n) is 18.4. The first kappa shape index (κ1) is 21.7. The molecule has 0 atom stereocenters. The molecule has 8 nitrogen and oxygen atoms in total. The number of amides is 1. The molecule has 1 aromatic heterocycles. The van der Waals surface area contributed by atoms with Gasteiger partial charge < -0.3 is 24.2 Å². The normalized spacial score (nSPS) is 14.2. The molecule has 1 aliphatic heterocycles. The summed E-state index contributed by atoms with van der Waals surface area (Å²) in [4.78, 5) is 19.1. The van der Waals surface area contributed by atoms with E-state index in [0.717, 1.165) is 24.8 Å². The topological polar surface area (TPSA) is 89.7 Å². The summed E-state index contributed by atoms with van der Waals surface area (Å²) in [6.07, 6.45) is 2.35. The van der Waals surface area contributed by atoms with Crippen LogP contribution in [0.4, 0.5) is 6.01 Å². The van der Waals surface area contributed by atoms with Gasteiger partial charge in [-0.25, -0.2) is 0 Å². The van der Waals surface area contributed by atoms with E-state index in [1.807, 2.05) is 41.3 Å². The van der Waals surface area contributed by atoms with Crippen molar-refractivity contribution in [3.63, 3.8) is 0 Å². The van der Waals surface area contributed by atoms with Crippen LogP contribution in [0.2, 0.25) is 0 Å². The molecule has 0 aliphatic carbocycles. The second-order valence-electron chi connectivity index (χ2n) is 7.76. The maximum absolute atomic E-state index is 12.5. The molecule has 0 bridgehead atoms. The lowest BCUT2D eigenvalue weighted by molar-refractivity contribution is -0.125. The molecule has 0 saturated carbocycles. The van der Waals surface area contributed by atoms with Crippen molar-refractivity contribution in [3.8, 4) is 22.9 Å². The number of methoxy groups -OCH3 is 2. The third-order valence-corrected chi connectivity index (χ3v) is 5.75. The number of ether oxygens (including phenoxy) is 2. The molecular formula is C24H28N4O4. The molecule has 1 saturated heterocycles. The first-order valence-corrected chi connectivity index (χ1v) is 10.8. The van der Waals surface area contributed by atoms with Gasteiger partial charge in [0.25, 0.3) is 0 Å². The Balaban J connectivity index is 1.29. The Labute approximate surface area is 187 Å². The van der Waals surface area contributed by atoms with Crippen molar-refractivity contribution in [1.82, 2.24) is 15.5 Å². The Morgan fingerprint density at radius 2 is 1.84 bits per heavy atom. The number of rotatable bonds is 8. The number of carbonyl (C=O) groups is 1. The van der Waals surface area contributed by atoms with Gasteiger partial charge in [0.15, 0.2) is 11.5 Å². The molecule has 8 heteroatoms. The van der Waals surface area contributed by atoms with Crippen molar-refractivity contribution < 1.29 is 18.8 Å². The molecule has 2 aromatic carbocycles. The van der Waals surface area contributed by atoms with Crippen LogP contribution in [-0.4, -0.2) is 49.9 Å². The highest BCUT2D eigenvalue weighted by Crippen LogP contribution is 2.32. The average Bonchev–Trinajstić information content (AvgIpc) is 3.34. The number of hydrogen-bond donors (Lipinski definition) is 1. The van der Waals surface area contributed by atoms with E-state index in [-0.39, 0.29) is 11.8 Å². The minimum atomic E-state index is 0.00950. The van der Waals surface area contributed by atoms with E-state index >= 15 is 0 Å². The van der Waals surface area contributed by atoms with Crippen molar-refractivity contribution in [2.45, 2.75) is 19.3 Å². The minimum absolute atomic E-state index is 0.00950. The van der Waals surface area contributed by atoms with Gasteiger partial charge in [0.1, 0.15) is 0 Å². The Kier molecular flexibility index (Phi) is 6.89. The van der Waals surface area contributed by atoms with Gasteiger partial charge in [-0.05, 0) is 43.0 Å². The maximum atomic E-state index is 12.5. The lowest BCUT2D eigenvalue weighted by Crippen LogP contribution is -2.41. The van der Waals surface area contributed by atoms with E-state index in [2.05, 4.69) is 27.6 Å². The first-order valence-electron chi connectivity index (χ1n) is 10.8. The summed E-state index contributed by atoms with van der Waals surface area (Å²) in [6.45, 7) is 2.05. The molecule has 0 radical (unpaired) electrons. The Bertz CT molecular complexity index is 1030. The van der Waals surface area contributed by atoms with E-state index in [1.54, 1.807) is 14.2 Å². The van der Waals surface area contributed by atoms with E-state index in [0.29, 0.717) is 43.0 Å². The fraction of sp³-hybridized carbons (Fsp3) is 0.375. The summed E-state index contributed by atoms with van der Waals surface area (Å²) >= 11 is 0. The number of nitrogens with one attached hydrogen (secondary N) is 1. The van der Waals surface area contributed by atoms with Crippen LogP contribution in [0, 0.1) is 5.92 Å². The van der Waals surface area contributed by atoms with E-state index in [9.17, 15) is 4.79 Å². The van der Waals surface area contributed by atoms with Crippen molar-refractivity contribution >= 4 is 11.9 Å². The number of hydrogen-bond acceptors (Lipinski definition) is 7. The van der Waals surface area contributed by atoms with Gasteiger partial charge in [-0.15, -0.1) is 0 Å². The zero-order valence-corrected chi connectivity index (χ0v) is 18.4. The number of benzene rings is 2. The molecule has 1 N–H and O–H groups in total. The molecule has 32 heavy (non-hydrogen) atoms. The van der Waals surface area contributed by atoms with Crippen molar-refractivity contribution in [2.24, 2.45) is 5.92 Å². The van der Waals surface area contributed by atoms with Crippen LogP contribution in [-0.2, 0) is 11.2 Å². The standard InChI is InChI=1S/C24H28N4O4/c1-30-20-9-8-19(16-21(20)31-2)22-26-24(32-27-22)28-14-11-18(12-15-28)23(29)25-13-10-17-6-4-3-5-7-17/h3-9,16,18H,10-15H2,1-2H3,(H,25,29). The largest absolute Gasteiger partial charge is 0.493 e. The molecule has 4 rings (SSSR count). The monoisotopic (exact) mass is 436 g/mol. The summed E-state index contributed by atoms with van der Waals surface area (Å²) in [5.74, 6) is 1.87. The van der Waals surface area contributed by atoms with Crippen molar-refractivity contribution in [1.29, 1.82) is 0 Å². The van der Waals surface area contributed by atoms with Crippen LogP contribution in [0.25, 0.3) is 11.4 Å². The molecule has 2 heterocycles. The number of carbonyl (C=O) groups excluding carboxylic acids is 1. The lowest BCUT2D eigenvalue weighted by Gasteiger charge is -2.29. The summed E-state index contributed by atoms with van der Waals surface area (Å²) in [6, 6.07) is 16.1. The Morgan fingerprint density at radius 3 is 2.56 bits per heavy atom. The summed E-state index contributed by atoms with van der Waals surface area (Å²) in [5.41, 5.74) is 2.01. The average molecular weight is 437 g/mol. The summed E-state index contributed by atoms with van der Waals surface area (Å²) in [5, 5.41) is 7.18. The second-order valence-corrected chi connectivity index (χ2v) is 7.76. The van der Waals surface area contributed by atoms with Crippen LogP contribution in [0.5, 0.6) is 11.5 Å². The van der Waals surface area contributed by atoms with E-state index in [1.165, 1.54) is 5.56 Å². The smallest absolute Gasteiger partial charge is 0.324 e. The number of piperidine rings is 1. The van der Waals surface area contributed by atoms with Gasteiger partial charge >= 0.3 is 6.01 Å². The molecule has 1 fully saturated rings. The van der Waals surface area contributed by atoms with Crippen LogP contribution in [0.1, 0.15) is 18.4 Å². The third-order valence-electron chi connectivity index (χ3n) is 5.75. The molecule has 3 aromatic rings. The Morgan fingerprint density at radius 1 is 1.09 bits per heavy atom. The van der Waals surface area contributed by atoms with Crippen LogP contribution in [0.3, 0.4) is 0 Å². The molecule has 1 amide bonds. The number of anilines is 1. The van der Waals surface area contributed by atoms with Crippen LogP contribution >= 0.6 is 0 Å². The third kappa shape index (κ3) is 5.01. The van der Waals surface area contributed by atoms with Gasteiger partial charge in [-0.3, -0.25) is 4.79 Å². The predicted molar refractivity (Wildman–Crippen MR) is 121 cm³/mol. The fourth-order valence-electron chi connectivity index (χ4n) is 3.89. The summed E-state index contributed by atoms with van der Waals surface area (Å²) < 4.78 is 16.1. The molecule has 0 spiro atoms. The van der Waals surface area contributed by atoms with Gasteiger partial charge in [-0.2, -0.15) is 4.98 Å². The molecular weight excluding hydrogens is 408 g/mol. The zero-order chi connectivity index (χ0) is 22.3. The minimum Gasteiger partial charge on any atom is -0.493 e. The summed E-state index contributed by atoms with van der Waals surface area (Å²) in [7, 11) is 3.18. The highest BCUT2D eigenvalue weighted by atomic mass is 16.5. The van der Waals surface area contributed by atoms with Gasteiger partial charge in [-0.1, -0.05) is 35.5 Å². The van der Waals surface area contributed by atoms with Gasteiger partial charge in [0, 0.05) is 31.1 Å². The lowest BCUT2D eigenvalue weighted by atomic mass is 9.96. The van der Waals surface area contributed by atoms with Gasteiger partial charge in [0.2, 0.25) is 11.7 Å². The highest BCUT2D eigenvalue weighted by Gasteiger charge is 2.27. The van der Waals surface area contributed by atoms with Crippen LogP contribution in [0.15, 0.2) is 53.1 Å². The number of nitrogens with zero attached hydrogens (tertiary/aromatic N) is 3. The van der Waals surface area contributed by atoms with Crippen LogP contribution < -0.4 is 19.7 Å². The SMILES string of the molecule is COc1ccc(-c2noc(N3CCC(C(=O)NCCc4ccccc4)CC3)n2)cc1OC. The molecule has 1 aliphatic rings. The predicted octanol–water partition coefficient (Wildman–Crippen LogP) is 3.33. The number of aromatic nitrogens is 2. The maximum Gasteiger partial charge on any atom is 0.324 e. The molecule has 0 unspecified atom stereocenters. The van der Waals surface area contributed by atoms with Crippen molar-refractivity contribution in [2.75, 3.05) is 38.8 Å². The fourth-order valence-corrected chi connectivity index (χ4v) is 3.89. The molecule has 168 valence electrons. The Hall–Kier alpha value is -3.55. The second kappa shape index (κ2) is 10.2. The van der Waals surface area contributed by atoms with Gasteiger partial charge in [0.05, 0.1) is 14.2 Å². The quantitative estimate of drug-likeness (QED) is 0.579. The van der Waals surface area contributed by atoms with Crippen molar-refractivity contribution in [3.05, 3.63) is 54.1 Å². The first-order chi connectivity index (χ1) is 15.7. The highest BCUT2D eigenvalue weighted by molar-refractivity contribution is 5.79. The van der Waals surface area contributed by atoms with E-state index < -0.39 is 0 Å². The van der Waals surface area contributed by atoms with E-state index in [4.69, 9.17) is 14.0 Å².